The first-order valence-corrected chi connectivity index (χ1v) is 12.2. The van der Waals surface area contributed by atoms with E-state index in [1.807, 2.05) is 30.3 Å². The van der Waals surface area contributed by atoms with Crippen LogP contribution in [0.15, 0.2) is 77.8 Å². The Kier molecular flexibility index (Phi) is 8.22. The average Bonchev–Trinajstić information content (AvgIpc) is 2.90. The molecule has 3 aromatic carbocycles. The zero-order chi connectivity index (χ0) is 25.5. The molecule has 0 saturated carbocycles. The molecule has 1 aliphatic heterocycles. The lowest BCUT2D eigenvalue weighted by molar-refractivity contribution is -0.129. The summed E-state index contributed by atoms with van der Waals surface area (Å²) >= 11 is 1.21. The number of ether oxygens (including phenoxy) is 2. The van der Waals surface area contributed by atoms with Crippen molar-refractivity contribution in [2.75, 3.05) is 26.1 Å². The van der Waals surface area contributed by atoms with E-state index in [-0.39, 0.29) is 24.1 Å². The van der Waals surface area contributed by atoms with Gasteiger partial charge in [0.2, 0.25) is 11.8 Å². The number of nitrogens with zero attached hydrogens (tertiary/aromatic N) is 2. The third kappa shape index (κ3) is 6.23. The number of benzene rings is 3. The Bertz CT molecular complexity index is 1250. The van der Waals surface area contributed by atoms with Gasteiger partial charge in [0.1, 0.15) is 22.6 Å². The molecule has 2 amide bonds. The van der Waals surface area contributed by atoms with Crippen molar-refractivity contribution < 1.29 is 23.5 Å². The van der Waals surface area contributed by atoms with Gasteiger partial charge in [-0.15, -0.1) is 0 Å². The third-order valence-corrected chi connectivity index (χ3v) is 6.82. The lowest BCUT2D eigenvalue weighted by Gasteiger charge is -2.32. The molecule has 4 rings (SSSR count). The number of amides is 2. The molecule has 1 aliphatic rings. The highest BCUT2D eigenvalue weighted by molar-refractivity contribution is 8.15. The van der Waals surface area contributed by atoms with E-state index in [1.54, 1.807) is 30.2 Å². The van der Waals surface area contributed by atoms with Crippen LogP contribution in [0.2, 0.25) is 0 Å². The van der Waals surface area contributed by atoms with Gasteiger partial charge in [0.25, 0.3) is 0 Å². The number of carbonyl (C=O) groups excluding carboxylic acids is 2. The number of hydrogen-bond acceptors (Lipinski definition) is 6. The molecular formula is C27H26FN3O4S. The molecule has 1 heterocycles. The first-order chi connectivity index (χ1) is 17.5. The standard InChI is InChI=1S/C27H26FN3O4S/c1-34-21-13-7-18(8-14-21)15-16-31-25(32)17-24(26(33)30-22-5-3-4-6-23(22)35-2)36-27(31)29-20-11-9-19(28)10-12-20/h3-14,24H,15-17H2,1-2H3,(H,30,33). The highest BCUT2D eigenvalue weighted by Gasteiger charge is 2.36. The summed E-state index contributed by atoms with van der Waals surface area (Å²) in [6.45, 7) is 0.388. The minimum absolute atomic E-state index is 0.0245. The third-order valence-electron chi connectivity index (χ3n) is 5.63. The number of thioether (sulfide) groups is 1. The molecule has 1 fully saturated rings. The van der Waals surface area contributed by atoms with E-state index in [9.17, 15) is 14.0 Å². The second-order valence-corrected chi connectivity index (χ2v) is 9.18. The van der Waals surface area contributed by atoms with E-state index in [4.69, 9.17) is 9.47 Å². The second-order valence-electron chi connectivity index (χ2n) is 8.01. The molecule has 0 bridgehead atoms. The fraction of sp³-hybridized carbons (Fsp3) is 0.222. The summed E-state index contributed by atoms with van der Waals surface area (Å²) in [6, 6.07) is 20.4. The Morgan fingerprint density at radius 3 is 2.47 bits per heavy atom. The zero-order valence-corrected chi connectivity index (χ0v) is 20.8. The summed E-state index contributed by atoms with van der Waals surface area (Å²) in [4.78, 5) is 32.5. The monoisotopic (exact) mass is 507 g/mol. The highest BCUT2D eigenvalue weighted by Crippen LogP contribution is 2.31. The van der Waals surface area contributed by atoms with Crippen LogP contribution in [-0.4, -0.2) is 47.9 Å². The normalized spacial score (nSPS) is 16.6. The number of amidine groups is 1. The number of para-hydroxylation sites is 2. The number of methoxy groups -OCH3 is 2. The molecule has 0 radical (unpaired) electrons. The maximum atomic E-state index is 13.4. The SMILES string of the molecule is COc1ccc(CCN2C(=O)CC(C(=O)Nc3ccccc3OC)SC2=Nc2ccc(F)cc2)cc1. The zero-order valence-electron chi connectivity index (χ0n) is 19.9. The predicted octanol–water partition coefficient (Wildman–Crippen LogP) is 5.05. The summed E-state index contributed by atoms with van der Waals surface area (Å²) in [7, 11) is 3.13. The molecule has 186 valence electrons. The van der Waals surface area contributed by atoms with Crippen LogP contribution in [0.4, 0.5) is 15.8 Å². The van der Waals surface area contributed by atoms with Gasteiger partial charge in [-0.2, -0.15) is 0 Å². The van der Waals surface area contributed by atoms with Gasteiger partial charge in [-0.1, -0.05) is 36.0 Å². The van der Waals surface area contributed by atoms with Crippen LogP contribution in [0.25, 0.3) is 0 Å². The van der Waals surface area contributed by atoms with E-state index >= 15 is 0 Å². The number of rotatable bonds is 8. The van der Waals surface area contributed by atoms with Crippen LogP contribution in [-0.2, 0) is 16.0 Å². The molecule has 0 aromatic heterocycles. The molecule has 7 nitrogen and oxygen atoms in total. The largest absolute Gasteiger partial charge is 0.497 e. The van der Waals surface area contributed by atoms with Crippen molar-refractivity contribution in [2.24, 2.45) is 4.99 Å². The lowest BCUT2D eigenvalue weighted by Crippen LogP contribution is -2.46. The van der Waals surface area contributed by atoms with Crippen LogP contribution in [0.3, 0.4) is 0 Å². The van der Waals surface area contributed by atoms with Crippen LogP contribution in [0, 0.1) is 5.82 Å². The van der Waals surface area contributed by atoms with Crippen molar-refractivity contribution in [3.63, 3.8) is 0 Å². The van der Waals surface area contributed by atoms with Crippen molar-refractivity contribution in [1.82, 2.24) is 4.90 Å². The van der Waals surface area contributed by atoms with Crippen molar-refractivity contribution in [2.45, 2.75) is 18.1 Å². The average molecular weight is 508 g/mol. The Hall–Kier alpha value is -3.85. The van der Waals surface area contributed by atoms with E-state index < -0.39 is 5.25 Å². The Morgan fingerprint density at radius 1 is 1.06 bits per heavy atom. The minimum atomic E-state index is -0.682. The highest BCUT2D eigenvalue weighted by atomic mass is 32.2. The molecular weight excluding hydrogens is 481 g/mol. The number of carbonyl (C=O) groups is 2. The van der Waals surface area contributed by atoms with Gasteiger partial charge >= 0.3 is 0 Å². The van der Waals surface area contributed by atoms with E-state index in [2.05, 4.69) is 10.3 Å². The van der Waals surface area contributed by atoms with Gasteiger partial charge in [-0.25, -0.2) is 9.38 Å². The summed E-state index contributed by atoms with van der Waals surface area (Å²) < 4.78 is 23.9. The van der Waals surface area contributed by atoms with E-state index in [0.717, 1.165) is 11.3 Å². The number of aliphatic imine (C=N–C) groups is 1. The molecule has 0 spiro atoms. The van der Waals surface area contributed by atoms with Crippen molar-refractivity contribution in [1.29, 1.82) is 0 Å². The summed E-state index contributed by atoms with van der Waals surface area (Å²) in [5, 5.41) is 2.57. The lowest BCUT2D eigenvalue weighted by atomic mass is 10.1. The molecule has 1 N–H and O–H groups in total. The van der Waals surface area contributed by atoms with Crippen molar-refractivity contribution in [3.8, 4) is 11.5 Å². The molecule has 1 unspecified atom stereocenters. The van der Waals surface area contributed by atoms with Gasteiger partial charge in [-0.3, -0.25) is 14.5 Å². The Morgan fingerprint density at radius 2 is 1.78 bits per heavy atom. The molecule has 3 aromatic rings. The predicted molar refractivity (Wildman–Crippen MR) is 140 cm³/mol. The second kappa shape index (κ2) is 11.7. The van der Waals surface area contributed by atoms with Gasteiger partial charge in [0.15, 0.2) is 5.17 Å². The van der Waals surface area contributed by atoms with Gasteiger partial charge in [-0.05, 0) is 60.5 Å². The summed E-state index contributed by atoms with van der Waals surface area (Å²) in [5.74, 6) is 0.379. The number of anilines is 1. The van der Waals surface area contributed by atoms with Gasteiger partial charge < -0.3 is 14.8 Å². The fourth-order valence-electron chi connectivity index (χ4n) is 3.68. The van der Waals surface area contributed by atoms with Crippen LogP contribution < -0.4 is 14.8 Å². The maximum Gasteiger partial charge on any atom is 0.238 e. The summed E-state index contributed by atoms with van der Waals surface area (Å²) in [6.07, 6.45) is 0.619. The molecule has 9 heteroatoms. The van der Waals surface area contributed by atoms with Crippen molar-refractivity contribution >= 4 is 40.1 Å². The Balaban J connectivity index is 1.54. The topological polar surface area (TPSA) is 80.2 Å². The van der Waals surface area contributed by atoms with Gasteiger partial charge in [0.05, 0.1) is 25.6 Å². The molecule has 1 atom stereocenters. The van der Waals surface area contributed by atoms with Crippen LogP contribution >= 0.6 is 11.8 Å². The van der Waals surface area contributed by atoms with Crippen LogP contribution in [0.5, 0.6) is 11.5 Å². The minimum Gasteiger partial charge on any atom is -0.497 e. The quantitative estimate of drug-likeness (QED) is 0.462. The molecule has 36 heavy (non-hydrogen) atoms. The number of nitrogens with one attached hydrogen (secondary N) is 1. The summed E-state index contributed by atoms with van der Waals surface area (Å²) in [5.41, 5.74) is 2.05. The van der Waals surface area contributed by atoms with E-state index in [1.165, 1.54) is 43.1 Å². The maximum absolute atomic E-state index is 13.4. The smallest absolute Gasteiger partial charge is 0.238 e. The van der Waals surface area contributed by atoms with E-state index in [0.29, 0.717) is 35.3 Å². The Labute approximate surface area is 213 Å². The first-order valence-electron chi connectivity index (χ1n) is 11.3. The molecule has 0 aliphatic carbocycles. The molecule has 1 saturated heterocycles. The number of halogens is 1. The number of hydrogen-bond donors (Lipinski definition) is 1. The first kappa shape index (κ1) is 25.2. The fourth-order valence-corrected chi connectivity index (χ4v) is 4.81. The van der Waals surface area contributed by atoms with Crippen LogP contribution in [0.1, 0.15) is 12.0 Å². The van der Waals surface area contributed by atoms with Gasteiger partial charge in [0, 0.05) is 13.0 Å². The van der Waals surface area contributed by atoms with Crippen molar-refractivity contribution in [3.05, 3.63) is 84.2 Å².